The maximum absolute atomic E-state index is 12.1. The lowest BCUT2D eigenvalue weighted by molar-refractivity contribution is 0.0960. The number of amides is 1. The topological polar surface area (TPSA) is 50.7 Å². The van der Waals surface area contributed by atoms with Gasteiger partial charge in [-0.2, -0.15) is 0 Å². The van der Waals surface area contributed by atoms with Gasteiger partial charge in [0.1, 0.15) is 13.3 Å². The molecule has 0 radical (unpaired) electrons. The molecule has 0 unspecified atom stereocenters. The first-order chi connectivity index (χ1) is 9.83. The van der Waals surface area contributed by atoms with Crippen LogP contribution in [0.5, 0.6) is 0 Å². The van der Waals surface area contributed by atoms with Crippen molar-refractivity contribution >= 4 is 22.9 Å². The van der Waals surface area contributed by atoms with E-state index < -0.39 is 6.67 Å². The van der Waals surface area contributed by atoms with Crippen LogP contribution in [0.25, 0.3) is 10.8 Å². The first-order valence-electron chi connectivity index (χ1n) is 6.28. The average Bonchev–Trinajstić information content (AvgIpc) is 2.50. The fourth-order valence-electron chi connectivity index (χ4n) is 1.83. The van der Waals surface area contributed by atoms with E-state index in [2.05, 4.69) is 15.3 Å². The van der Waals surface area contributed by atoms with Crippen molar-refractivity contribution in [3.8, 4) is 0 Å². The van der Waals surface area contributed by atoms with E-state index >= 15 is 0 Å². The van der Waals surface area contributed by atoms with Crippen molar-refractivity contribution in [2.24, 2.45) is 5.16 Å². The average molecular weight is 274 g/mol. The molecule has 5 heteroatoms. The molecule has 0 spiro atoms. The molecule has 0 saturated heterocycles. The number of carbonyl (C=O) groups is 1. The number of halogens is 1. The predicted octanol–water partition coefficient (Wildman–Crippen LogP) is 2.54. The molecule has 20 heavy (non-hydrogen) atoms. The number of hydrogen-bond donors (Lipinski definition) is 1. The van der Waals surface area contributed by atoms with E-state index in [9.17, 15) is 9.18 Å². The van der Waals surface area contributed by atoms with Crippen LogP contribution in [0.2, 0.25) is 0 Å². The van der Waals surface area contributed by atoms with Crippen molar-refractivity contribution in [2.75, 3.05) is 19.8 Å². The number of alkyl halides is 1. The molecule has 2 aromatic rings. The van der Waals surface area contributed by atoms with E-state index in [1.165, 1.54) is 6.21 Å². The third-order valence-corrected chi connectivity index (χ3v) is 2.71. The Morgan fingerprint density at radius 1 is 1.25 bits per heavy atom. The van der Waals surface area contributed by atoms with Gasteiger partial charge in [0.15, 0.2) is 0 Å². The minimum absolute atomic E-state index is 0.0756. The Bertz CT molecular complexity index is 608. The van der Waals surface area contributed by atoms with Crippen LogP contribution in [0.3, 0.4) is 0 Å². The summed E-state index contributed by atoms with van der Waals surface area (Å²) in [6, 6.07) is 13.3. The van der Waals surface area contributed by atoms with Gasteiger partial charge >= 0.3 is 0 Å². The highest BCUT2D eigenvalue weighted by Gasteiger charge is 2.07. The van der Waals surface area contributed by atoms with Gasteiger partial charge in [-0.15, -0.1) is 0 Å². The molecule has 4 nitrogen and oxygen atoms in total. The van der Waals surface area contributed by atoms with Crippen LogP contribution in [-0.4, -0.2) is 31.9 Å². The smallest absolute Gasteiger partial charge is 0.252 e. The quantitative estimate of drug-likeness (QED) is 0.500. The van der Waals surface area contributed by atoms with Gasteiger partial charge in [-0.05, 0) is 16.8 Å². The van der Waals surface area contributed by atoms with Crippen LogP contribution >= 0.6 is 0 Å². The number of rotatable bonds is 6. The minimum Gasteiger partial charge on any atom is -0.393 e. The van der Waals surface area contributed by atoms with Crippen LogP contribution in [0, 0.1) is 0 Å². The third-order valence-electron chi connectivity index (χ3n) is 2.71. The zero-order valence-corrected chi connectivity index (χ0v) is 10.9. The lowest BCUT2D eigenvalue weighted by Crippen LogP contribution is -2.25. The van der Waals surface area contributed by atoms with E-state index in [0.717, 1.165) is 10.8 Å². The van der Waals surface area contributed by atoms with Crippen LogP contribution in [-0.2, 0) is 4.84 Å². The molecule has 1 N–H and O–H groups in total. The monoisotopic (exact) mass is 274 g/mol. The first-order valence-corrected chi connectivity index (χ1v) is 6.28. The highest BCUT2D eigenvalue weighted by Crippen LogP contribution is 2.18. The molecule has 0 fully saturated rings. The summed E-state index contributed by atoms with van der Waals surface area (Å²) in [7, 11) is 0. The molecule has 0 heterocycles. The summed E-state index contributed by atoms with van der Waals surface area (Å²) >= 11 is 0. The maximum atomic E-state index is 12.1. The molecule has 2 aromatic carbocycles. The number of nitrogens with zero attached hydrogens (tertiary/aromatic N) is 1. The molecule has 0 saturated carbocycles. The second-order valence-corrected chi connectivity index (χ2v) is 4.05. The predicted molar refractivity (Wildman–Crippen MR) is 76.7 cm³/mol. The molecular weight excluding hydrogens is 259 g/mol. The highest BCUT2D eigenvalue weighted by atomic mass is 19.1. The van der Waals surface area contributed by atoms with E-state index in [-0.39, 0.29) is 19.1 Å². The Kier molecular flexibility index (Phi) is 5.06. The summed E-state index contributed by atoms with van der Waals surface area (Å²) in [5, 5.41) is 8.13. The zero-order valence-electron chi connectivity index (χ0n) is 10.9. The van der Waals surface area contributed by atoms with Gasteiger partial charge in [-0.25, -0.2) is 4.39 Å². The van der Waals surface area contributed by atoms with Crippen molar-refractivity contribution in [1.82, 2.24) is 5.32 Å². The zero-order chi connectivity index (χ0) is 14.2. The lowest BCUT2D eigenvalue weighted by Gasteiger charge is -2.06. The van der Waals surface area contributed by atoms with Gasteiger partial charge < -0.3 is 10.2 Å². The van der Waals surface area contributed by atoms with Gasteiger partial charge in [-0.3, -0.25) is 4.79 Å². The van der Waals surface area contributed by atoms with Gasteiger partial charge in [-0.1, -0.05) is 41.6 Å². The molecule has 0 bridgehead atoms. The molecule has 0 aliphatic rings. The Balaban J connectivity index is 1.99. The Morgan fingerprint density at radius 3 is 2.90 bits per heavy atom. The first kappa shape index (κ1) is 14.0. The summed E-state index contributed by atoms with van der Waals surface area (Å²) in [6.45, 7) is -0.429. The van der Waals surface area contributed by atoms with E-state index in [1.54, 1.807) is 6.07 Å². The number of nitrogens with one attached hydrogen (secondary N) is 1. The Morgan fingerprint density at radius 2 is 2.05 bits per heavy atom. The molecule has 0 aromatic heterocycles. The van der Waals surface area contributed by atoms with Gasteiger partial charge in [0, 0.05) is 5.56 Å². The summed E-state index contributed by atoms with van der Waals surface area (Å²) in [6.07, 6.45) is 1.39. The Labute approximate surface area is 116 Å². The molecule has 2 rings (SSSR count). The lowest BCUT2D eigenvalue weighted by atomic mass is 10.0. The molecule has 1 amide bonds. The molecule has 0 atom stereocenters. The minimum atomic E-state index is -0.584. The molecule has 104 valence electrons. The number of hydrogen-bond acceptors (Lipinski definition) is 3. The standard InChI is InChI=1S/C15H15FN2O2/c16-8-11-20-18-10-9-17-15(19)14-7-3-5-12-4-1-2-6-13(12)14/h1-7,10H,8-9,11H2,(H,17,19). The SMILES string of the molecule is O=C(NCC=NOCCF)c1cccc2ccccc12. The van der Waals surface area contributed by atoms with Crippen molar-refractivity contribution < 1.29 is 14.0 Å². The van der Waals surface area contributed by atoms with Crippen molar-refractivity contribution in [3.05, 3.63) is 48.0 Å². The third kappa shape index (κ3) is 3.54. The van der Waals surface area contributed by atoms with Crippen LogP contribution in [0.4, 0.5) is 4.39 Å². The number of oxime groups is 1. The van der Waals surface area contributed by atoms with E-state index in [0.29, 0.717) is 5.56 Å². The highest BCUT2D eigenvalue weighted by molar-refractivity contribution is 6.07. The van der Waals surface area contributed by atoms with Gasteiger partial charge in [0.05, 0.1) is 12.8 Å². The summed E-state index contributed by atoms with van der Waals surface area (Å²) in [4.78, 5) is 16.7. The van der Waals surface area contributed by atoms with Crippen molar-refractivity contribution in [1.29, 1.82) is 0 Å². The molecular formula is C15H15FN2O2. The van der Waals surface area contributed by atoms with Gasteiger partial charge in [0.2, 0.25) is 0 Å². The summed E-state index contributed by atoms with van der Waals surface area (Å²) < 4.78 is 11.7. The van der Waals surface area contributed by atoms with Crippen LogP contribution in [0.1, 0.15) is 10.4 Å². The number of carbonyl (C=O) groups excluding carboxylic acids is 1. The Hall–Kier alpha value is -2.43. The van der Waals surface area contributed by atoms with Gasteiger partial charge in [0.25, 0.3) is 5.91 Å². The maximum Gasteiger partial charge on any atom is 0.252 e. The van der Waals surface area contributed by atoms with Crippen molar-refractivity contribution in [2.45, 2.75) is 0 Å². The second-order valence-electron chi connectivity index (χ2n) is 4.05. The van der Waals surface area contributed by atoms with Crippen LogP contribution < -0.4 is 5.32 Å². The summed E-state index contributed by atoms with van der Waals surface area (Å²) in [5.41, 5.74) is 0.612. The van der Waals surface area contributed by atoms with Crippen molar-refractivity contribution in [3.63, 3.8) is 0 Å². The summed E-state index contributed by atoms with van der Waals surface area (Å²) in [5.74, 6) is -0.182. The normalized spacial score (nSPS) is 10.8. The fraction of sp³-hybridized carbons (Fsp3) is 0.200. The largest absolute Gasteiger partial charge is 0.393 e. The van der Waals surface area contributed by atoms with E-state index in [4.69, 9.17) is 0 Å². The number of fused-ring (bicyclic) bond motifs is 1. The number of benzene rings is 2. The van der Waals surface area contributed by atoms with Crippen LogP contribution in [0.15, 0.2) is 47.6 Å². The molecule has 0 aliphatic heterocycles. The molecule has 0 aliphatic carbocycles. The van der Waals surface area contributed by atoms with E-state index in [1.807, 2.05) is 36.4 Å². The second kappa shape index (κ2) is 7.23. The fourth-order valence-corrected chi connectivity index (χ4v) is 1.83.